The van der Waals surface area contributed by atoms with Crippen LogP contribution in [0.3, 0.4) is 0 Å². The Kier molecular flexibility index (Phi) is 4.95. The molecule has 0 atom stereocenters. The highest BCUT2D eigenvalue weighted by molar-refractivity contribution is 7.89. The van der Waals surface area contributed by atoms with Gasteiger partial charge in [-0.25, -0.2) is 18.4 Å². The van der Waals surface area contributed by atoms with Gasteiger partial charge in [0, 0.05) is 30.0 Å². The Morgan fingerprint density at radius 3 is 2.43 bits per heavy atom. The van der Waals surface area contributed by atoms with Crippen LogP contribution >= 0.6 is 0 Å². The zero-order valence-corrected chi connectivity index (χ0v) is 13.7. The Balaban J connectivity index is 2.29. The van der Waals surface area contributed by atoms with Crippen molar-refractivity contribution in [3.63, 3.8) is 0 Å². The van der Waals surface area contributed by atoms with Crippen LogP contribution < -0.4 is 11.1 Å². The van der Waals surface area contributed by atoms with Gasteiger partial charge < -0.3 is 11.1 Å². The van der Waals surface area contributed by atoms with Crippen molar-refractivity contribution in [1.29, 1.82) is 0 Å². The molecule has 0 aliphatic carbocycles. The van der Waals surface area contributed by atoms with Gasteiger partial charge in [0.15, 0.2) is 15.7 Å². The zero-order chi connectivity index (χ0) is 17.0. The van der Waals surface area contributed by atoms with Crippen molar-refractivity contribution in [2.45, 2.75) is 19.1 Å². The second kappa shape index (κ2) is 6.74. The standard InChI is InChI=1S/C15H18N4O3S/c1-3-14(20)17-11-6-4-10(5-7-11)15-18-12(8-13(16)19-15)9-23(2,21)22/h4-8H,3,9H2,1-2H3,(H,17,20)(H2,16,18,19). The molecule has 0 aliphatic rings. The molecule has 1 heterocycles. The van der Waals surface area contributed by atoms with Gasteiger partial charge in [0.25, 0.3) is 0 Å². The number of carbonyl (C=O) groups is 1. The lowest BCUT2D eigenvalue weighted by Gasteiger charge is -2.07. The molecule has 0 saturated heterocycles. The van der Waals surface area contributed by atoms with Gasteiger partial charge in [-0.1, -0.05) is 6.92 Å². The van der Waals surface area contributed by atoms with Crippen LogP contribution in [0.5, 0.6) is 0 Å². The molecule has 0 saturated carbocycles. The van der Waals surface area contributed by atoms with Gasteiger partial charge in [-0.2, -0.15) is 0 Å². The number of carbonyl (C=O) groups excluding carboxylic acids is 1. The molecule has 0 bridgehead atoms. The lowest BCUT2D eigenvalue weighted by Crippen LogP contribution is -2.09. The maximum absolute atomic E-state index is 11.4. The highest BCUT2D eigenvalue weighted by Crippen LogP contribution is 2.20. The Morgan fingerprint density at radius 1 is 1.22 bits per heavy atom. The van der Waals surface area contributed by atoms with Crippen molar-refractivity contribution in [3.8, 4) is 11.4 Å². The van der Waals surface area contributed by atoms with Crippen molar-refractivity contribution in [3.05, 3.63) is 36.0 Å². The molecule has 122 valence electrons. The minimum atomic E-state index is -3.21. The van der Waals surface area contributed by atoms with Gasteiger partial charge in [-0.15, -0.1) is 0 Å². The van der Waals surface area contributed by atoms with Gasteiger partial charge in [0.2, 0.25) is 5.91 Å². The van der Waals surface area contributed by atoms with E-state index >= 15 is 0 Å². The van der Waals surface area contributed by atoms with Gasteiger partial charge in [0.1, 0.15) is 5.82 Å². The summed E-state index contributed by atoms with van der Waals surface area (Å²) in [7, 11) is -3.21. The summed E-state index contributed by atoms with van der Waals surface area (Å²) in [5.74, 6) is 0.277. The van der Waals surface area contributed by atoms with E-state index in [2.05, 4.69) is 15.3 Å². The summed E-state index contributed by atoms with van der Waals surface area (Å²) in [6.07, 6.45) is 1.53. The first-order chi connectivity index (χ1) is 10.8. The zero-order valence-electron chi connectivity index (χ0n) is 12.9. The molecule has 0 radical (unpaired) electrons. The predicted molar refractivity (Wildman–Crippen MR) is 89.3 cm³/mol. The van der Waals surface area contributed by atoms with Crippen LogP contribution in [0.4, 0.5) is 11.5 Å². The van der Waals surface area contributed by atoms with Crippen molar-refractivity contribution in [1.82, 2.24) is 9.97 Å². The molecule has 2 aromatic rings. The number of nitrogen functional groups attached to an aromatic ring is 1. The Hall–Kier alpha value is -2.48. The number of nitrogens with one attached hydrogen (secondary N) is 1. The second-order valence-corrected chi connectivity index (χ2v) is 7.30. The lowest BCUT2D eigenvalue weighted by atomic mass is 10.2. The van der Waals surface area contributed by atoms with E-state index in [4.69, 9.17) is 5.73 Å². The molecule has 0 unspecified atom stereocenters. The molecule has 23 heavy (non-hydrogen) atoms. The summed E-state index contributed by atoms with van der Waals surface area (Å²) < 4.78 is 22.8. The predicted octanol–water partition coefficient (Wildman–Crippen LogP) is 1.62. The van der Waals surface area contributed by atoms with E-state index in [-0.39, 0.29) is 17.5 Å². The van der Waals surface area contributed by atoms with E-state index in [1.165, 1.54) is 6.07 Å². The Bertz CT molecular complexity index is 817. The number of nitrogens with zero attached hydrogens (tertiary/aromatic N) is 2. The largest absolute Gasteiger partial charge is 0.384 e. The summed E-state index contributed by atoms with van der Waals surface area (Å²) in [5.41, 5.74) is 7.42. The fourth-order valence-corrected chi connectivity index (χ4v) is 2.63. The SMILES string of the molecule is CCC(=O)Nc1ccc(-c2nc(N)cc(CS(C)(=O)=O)n2)cc1. The third kappa shape index (κ3) is 5.03. The molecule has 0 spiro atoms. The average molecular weight is 334 g/mol. The molecule has 8 heteroatoms. The number of nitrogens with two attached hydrogens (primary N) is 1. The Morgan fingerprint density at radius 2 is 1.87 bits per heavy atom. The van der Waals surface area contributed by atoms with Crippen molar-refractivity contribution in [2.75, 3.05) is 17.3 Å². The van der Waals surface area contributed by atoms with E-state index in [0.717, 1.165) is 6.26 Å². The van der Waals surface area contributed by atoms with Crippen molar-refractivity contribution in [2.24, 2.45) is 0 Å². The number of hydrogen-bond donors (Lipinski definition) is 2. The normalized spacial score (nSPS) is 11.2. The molecule has 2 rings (SSSR count). The van der Waals surface area contributed by atoms with E-state index < -0.39 is 9.84 Å². The van der Waals surface area contributed by atoms with E-state index in [9.17, 15) is 13.2 Å². The van der Waals surface area contributed by atoms with Crippen molar-refractivity contribution >= 4 is 27.2 Å². The van der Waals surface area contributed by atoms with Gasteiger partial charge in [0.05, 0.1) is 11.4 Å². The first kappa shape index (κ1) is 16.9. The minimum absolute atomic E-state index is 0.0756. The quantitative estimate of drug-likeness (QED) is 0.858. The summed E-state index contributed by atoms with van der Waals surface area (Å²) in [6.45, 7) is 1.77. The lowest BCUT2D eigenvalue weighted by molar-refractivity contribution is -0.115. The van der Waals surface area contributed by atoms with Gasteiger partial charge in [-0.05, 0) is 24.3 Å². The minimum Gasteiger partial charge on any atom is -0.384 e. The van der Waals surface area contributed by atoms with Crippen LogP contribution in [-0.4, -0.2) is 30.5 Å². The molecule has 7 nitrogen and oxygen atoms in total. The van der Waals surface area contributed by atoms with E-state index in [0.29, 0.717) is 29.2 Å². The number of aromatic nitrogens is 2. The average Bonchev–Trinajstić information content (AvgIpc) is 2.45. The van der Waals surface area contributed by atoms with Crippen LogP contribution in [0.1, 0.15) is 19.0 Å². The topological polar surface area (TPSA) is 115 Å². The van der Waals surface area contributed by atoms with Crippen LogP contribution in [0.25, 0.3) is 11.4 Å². The first-order valence-electron chi connectivity index (χ1n) is 6.98. The van der Waals surface area contributed by atoms with Gasteiger partial charge >= 0.3 is 0 Å². The number of benzene rings is 1. The molecule has 0 aliphatic heterocycles. The number of rotatable bonds is 5. The van der Waals surface area contributed by atoms with Crippen LogP contribution in [0.15, 0.2) is 30.3 Å². The summed E-state index contributed by atoms with van der Waals surface area (Å²) >= 11 is 0. The molecular weight excluding hydrogens is 316 g/mol. The molecule has 1 amide bonds. The molecule has 1 aromatic heterocycles. The molecule has 3 N–H and O–H groups in total. The second-order valence-electron chi connectivity index (χ2n) is 5.16. The number of hydrogen-bond acceptors (Lipinski definition) is 6. The third-order valence-corrected chi connectivity index (χ3v) is 3.78. The molecular formula is C15H18N4O3S. The number of anilines is 2. The Labute approximate surface area is 134 Å². The van der Waals surface area contributed by atoms with E-state index in [1.807, 2.05) is 0 Å². The van der Waals surface area contributed by atoms with Crippen LogP contribution in [-0.2, 0) is 20.4 Å². The maximum Gasteiger partial charge on any atom is 0.224 e. The first-order valence-corrected chi connectivity index (χ1v) is 9.04. The fourth-order valence-electron chi connectivity index (χ4n) is 1.94. The summed E-state index contributed by atoms with van der Waals surface area (Å²) in [5, 5.41) is 2.74. The highest BCUT2D eigenvalue weighted by atomic mass is 32.2. The summed E-state index contributed by atoms with van der Waals surface area (Å²) in [4.78, 5) is 19.7. The molecule has 1 aromatic carbocycles. The smallest absolute Gasteiger partial charge is 0.224 e. The maximum atomic E-state index is 11.4. The third-order valence-electron chi connectivity index (χ3n) is 2.96. The van der Waals surface area contributed by atoms with Gasteiger partial charge in [-0.3, -0.25) is 4.79 Å². The fraction of sp³-hybridized carbons (Fsp3) is 0.267. The monoisotopic (exact) mass is 334 g/mol. The van der Waals surface area contributed by atoms with Crippen molar-refractivity contribution < 1.29 is 13.2 Å². The highest BCUT2D eigenvalue weighted by Gasteiger charge is 2.10. The molecule has 0 fully saturated rings. The number of sulfone groups is 1. The van der Waals surface area contributed by atoms with Crippen LogP contribution in [0, 0.1) is 0 Å². The number of amides is 1. The van der Waals surface area contributed by atoms with E-state index in [1.54, 1.807) is 31.2 Å². The summed E-state index contributed by atoms with van der Waals surface area (Å²) in [6, 6.07) is 8.38. The van der Waals surface area contributed by atoms with Crippen LogP contribution in [0.2, 0.25) is 0 Å².